The lowest BCUT2D eigenvalue weighted by Crippen LogP contribution is -2.05. The first-order valence-corrected chi connectivity index (χ1v) is 6.31. The first-order valence-electron chi connectivity index (χ1n) is 6.31. The Morgan fingerprint density at radius 3 is 2.89 bits per heavy atom. The molecule has 0 atom stereocenters. The molecular weight excluding hydrogens is 240 g/mol. The Bertz CT molecular complexity index is 530. The molecule has 2 aromatic rings. The quantitative estimate of drug-likeness (QED) is 0.779. The summed E-state index contributed by atoms with van der Waals surface area (Å²) in [6.07, 6.45) is 4.22. The number of ether oxygens (including phenoxy) is 1. The zero-order valence-electron chi connectivity index (χ0n) is 11.0. The lowest BCUT2D eigenvalue weighted by Gasteiger charge is -2.09. The number of hydrogen-bond donors (Lipinski definition) is 2. The second-order valence-corrected chi connectivity index (χ2v) is 4.14. The monoisotopic (exact) mass is 258 g/mol. The molecule has 1 aromatic heterocycles. The van der Waals surface area contributed by atoms with Gasteiger partial charge in [0.2, 0.25) is 5.88 Å². The van der Waals surface area contributed by atoms with Crippen LogP contribution in [0.1, 0.15) is 18.9 Å². The molecule has 0 radical (unpaired) electrons. The van der Waals surface area contributed by atoms with Gasteiger partial charge in [-0.05, 0) is 18.1 Å². The van der Waals surface area contributed by atoms with Crippen LogP contribution in [-0.4, -0.2) is 16.6 Å². The highest BCUT2D eigenvalue weighted by atomic mass is 16.5. The van der Waals surface area contributed by atoms with E-state index in [1.165, 1.54) is 0 Å². The summed E-state index contributed by atoms with van der Waals surface area (Å²) in [4.78, 5) is 8.41. The minimum absolute atomic E-state index is 0.535. The van der Waals surface area contributed by atoms with E-state index < -0.39 is 0 Å². The van der Waals surface area contributed by atoms with Crippen LogP contribution in [0.15, 0.2) is 36.7 Å². The molecule has 0 aliphatic rings. The van der Waals surface area contributed by atoms with E-state index in [4.69, 9.17) is 10.5 Å². The van der Waals surface area contributed by atoms with Crippen LogP contribution in [0.2, 0.25) is 0 Å². The predicted molar refractivity (Wildman–Crippen MR) is 76.0 cm³/mol. The molecule has 3 N–H and O–H groups in total. The van der Waals surface area contributed by atoms with E-state index in [1.807, 2.05) is 31.2 Å². The number of nitrogens with zero attached hydrogens (tertiary/aromatic N) is 2. The van der Waals surface area contributed by atoms with Gasteiger partial charge in [0, 0.05) is 12.2 Å². The van der Waals surface area contributed by atoms with Gasteiger partial charge in [-0.15, -0.1) is 0 Å². The van der Waals surface area contributed by atoms with Crippen molar-refractivity contribution in [3.63, 3.8) is 0 Å². The van der Waals surface area contributed by atoms with E-state index in [2.05, 4.69) is 15.3 Å². The van der Waals surface area contributed by atoms with Crippen molar-refractivity contribution in [2.24, 2.45) is 0 Å². The van der Waals surface area contributed by atoms with Gasteiger partial charge in [-0.25, -0.2) is 0 Å². The van der Waals surface area contributed by atoms with Gasteiger partial charge in [-0.3, -0.25) is 4.98 Å². The first-order chi connectivity index (χ1) is 9.29. The number of nitrogen functional groups attached to an aromatic ring is 1. The van der Waals surface area contributed by atoms with Gasteiger partial charge in [0.25, 0.3) is 0 Å². The van der Waals surface area contributed by atoms with E-state index in [-0.39, 0.29) is 0 Å². The zero-order valence-corrected chi connectivity index (χ0v) is 11.0. The number of rotatable bonds is 6. The Kier molecular flexibility index (Phi) is 4.55. The summed E-state index contributed by atoms with van der Waals surface area (Å²) in [7, 11) is 0. The van der Waals surface area contributed by atoms with Crippen molar-refractivity contribution < 1.29 is 4.74 Å². The minimum Gasteiger partial charge on any atom is -0.477 e. The molecule has 0 amide bonds. The fourth-order valence-electron chi connectivity index (χ4n) is 1.59. The number of benzene rings is 1. The molecule has 19 heavy (non-hydrogen) atoms. The van der Waals surface area contributed by atoms with Crippen LogP contribution in [0.4, 0.5) is 11.5 Å². The van der Waals surface area contributed by atoms with Crippen LogP contribution in [0.5, 0.6) is 5.88 Å². The van der Waals surface area contributed by atoms with Crippen molar-refractivity contribution in [3.8, 4) is 5.88 Å². The number of nitrogens with one attached hydrogen (secondary N) is 1. The highest BCUT2D eigenvalue weighted by molar-refractivity contribution is 5.48. The van der Waals surface area contributed by atoms with Gasteiger partial charge in [0.05, 0.1) is 19.0 Å². The second-order valence-electron chi connectivity index (χ2n) is 4.14. The van der Waals surface area contributed by atoms with Crippen molar-refractivity contribution in [1.82, 2.24) is 9.97 Å². The molecule has 0 aliphatic heterocycles. The molecule has 0 bridgehead atoms. The predicted octanol–water partition coefficient (Wildman–Crippen LogP) is 2.46. The van der Waals surface area contributed by atoms with Crippen molar-refractivity contribution >= 4 is 11.5 Å². The topological polar surface area (TPSA) is 73.1 Å². The molecule has 0 saturated carbocycles. The van der Waals surface area contributed by atoms with Gasteiger partial charge in [-0.2, -0.15) is 4.98 Å². The van der Waals surface area contributed by atoms with Crippen LogP contribution < -0.4 is 15.8 Å². The molecule has 0 aliphatic carbocycles. The van der Waals surface area contributed by atoms with Gasteiger partial charge in [0.1, 0.15) is 5.82 Å². The molecule has 0 saturated heterocycles. The average molecular weight is 258 g/mol. The van der Waals surface area contributed by atoms with Gasteiger partial charge < -0.3 is 15.8 Å². The van der Waals surface area contributed by atoms with Gasteiger partial charge >= 0.3 is 0 Å². The van der Waals surface area contributed by atoms with Crippen LogP contribution >= 0.6 is 0 Å². The van der Waals surface area contributed by atoms with Crippen molar-refractivity contribution in [2.75, 3.05) is 17.7 Å². The van der Waals surface area contributed by atoms with Crippen LogP contribution in [0.25, 0.3) is 0 Å². The standard InChI is InChI=1S/C14H18N4O/c1-2-7-19-14-10-16-9-13(18-14)17-8-11-5-3-4-6-12(11)15/h3-6,9-10H,2,7-8,15H2,1H3,(H,17,18). The third-order valence-corrected chi connectivity index (χ3v) is 2.58. The van der Waals surface area contributed by atoms with Crippen LogP contribution in [0, 0.1) is 0 Å². The van der Waals surface area contributed by atoms with Gasteiger partial charge in [0.15, 0.2) is 0 Å². The number of aromatic nitrogens is 2. The smallest absolute Gasteiger partial charge is 0.234 e. The molecular formula is C14H18N4O. The number of hydrogen-bond acceptors (Lipinski definition) is 5. The molecule has 1 aromatic carbocycles. The van der Waals surface area contributed by atoms with E-state index in [9.17, 15) is 0 Å². The second kappa shape index (κ2) is 6.58. The Labute approximate surface area is 112 Å². The molecule has 0 unspecified atom stereocenters. The summed E-state index contributed by atoms with van der Waals surface area (Å²) < 4.78 is 5.43. The van der Waals surface area contributed by atoms with E-state index in [1.54, 1.807) is 12.4 Å². The van der Waals surface area contributed by atoms with Crippen LogP contribution in [-0.2, 0) is 6.54 Å². The number of nitrogens with two attached hydrogens (primary N) is 1. The fraction of sp³-hybridized carbons (Fsp3) is 0.286. The van der Waals surface area contributed by atoms with Crippen molar-refractivity contribution in [1.29, 1.82) is 0 Å². The third kappa shape index (κ3) is 3.84. The molecule has 5 nitrogen and oxygen atoms in total. The molecule has 2 rings (SSSR count). The summed E-state index contributed by atoms with van der Waals surface area (Å²) in [6.45, 7) is 3.30. The average Bonchev–Trinajstić information content (AvgIpc) is 2.45. The summed E-state index contributed by atoms with van der Waals surface area (Å²) >= 11 is 0. The number of para-hydroxylation sites is 1. The third-order valence-electron chi connectivity index (χ3n) is 2.58. The van der Waals surface area contributed by atoms with E-state index in [0.29, 0.717) is 24.8 Å². The Morgan fingerprint density at radius 1 is 1.26 bits per heavy atom. The maximum absolute atomic E-state index is 5.88. The Hall–Kier alpha value is -2.30. The molecule has 0 spiro atoms. The summed E-state index contributed by atoms with van der Waals surface area (Å²) in [5, 5.41) is 3.18. The largest absolute Gasteiger partial charge is 0.477 e. The van der Waals surface area contributed by atoms with Crippen molar-refractivity contribution in [2.45, 2.75) is 19.9 Å². The van der Waals surface area contributed by atoms with Crippen LogP contribution in [0.3, 0.4) is 0 Å². The fourth-order valence-corrected chi connectivity index (χ4v) is 1.59. The molecule has 100 valence electrons. The van der Waals surface area contributed by atoms with Gasteiger partial charge in [-0.1, -0.05) is 25.1 Å². The molecule has 0 fully saturated rings. The summed E-state index contributed by atoms with van der Waals surface area (Å²) in [5.74, 6) is 1.21. The summed E-state index contributed by atoms with van der Waals surface area (Å²) in [5.41, 5.74) is 7.68. The zero-order chi connectivity index (χ0) is 13.5. The highest BCUT2D eigenvalue weighted by Crippen LogP contribution is 2.14. The SMILES string of the molecule is CCCOc1cncc(NCc2ccccc2N)n1. The van der Waals surface area contributed by atoms with E-state index in [0.717, 1.165) is 17.7 Å². The lowest BCUT2D eigenvalue weighted by molar-refractivity contribution is 0.304. The number of anilines is 2. The van der Waals surface area contributed by atoms with E-state index >= 15 is 0 Å². The minimum atomic E-state index is 0.535. The lowest BCUT2D eigenvalue weighted by atomic mass is 10.2. The summed E-state index contributed by atoms with van der Waals surface area (Å²) in [6, 6.07) is 7.73. The highest BCUT2D eigenvalue weighted by Gasteiger charge is 2.01. The molecule has 1 heterocycles. The molecule has 5 heteroatoms. The maximum atomic E-state index is 5.88. The normalized spacial score (nSPS) is 10.2. The maximum Gasteiger partial charge on any atom is 0.234 e. The first kappa shape index (κ1) is 13.1. The van der Waals surface area contributed by atoms with Crippen molar-refractivity contribution in [3.05, 3.63) is 42.2 Å². The Morgan fingerprint density at radius 2 is 2.11 bits per heavy atom. The Balaban J connectivity index is 1.98.